The van der Waals surface area contributed by atoms with Crippen LogP contribution in [0.2, 0.25) is 0 Å². The first-order chi connectivity index (χ1) is 9.01. The van der Waals surface area contributed by atoms with E-state index in [9.17, 15) is 13.5 Å². The Kier molecular flexibility index (Phi) is 4.28. The van der Waals surface area contributed by atoms with E-state index >= 15 is 0 Å². The monoisotopic (exact) mass is 283 g/mol. The van der Waals surface area contributed by atoms with Crippen molar-refractivity contribution in [2.45, 2.75) is 50.7 Å². The number of benzene rings is 1. The number of aryl methyl sites for hydroxylation is 1. The molecular formula is C14H21NO3S. The molecule has 0 aromatic heterocycles. The van der Waals surface area contributed by atoms with Gasteiger partial charge in [0.2, 0.25) is 10.0 Å². The molecule has 2 unspecified atom stereocenters. The van der Waals surface area contributed by atoms with Crippen LogP contribution in [0.25, 0.3) is 0 Å². The van der Waals surface area contributed by atoms with Crippen LogP contribution in [0.15, 0.2) is 23.1 Å². The van der Waals surface area contributed by atoms with Crippen LogP contribution in [0.1, 0.15) is 37.8 Å². The van der Waals surface area contributed by atoms with Gasteiger partial charge in [-0.25, -0.2) is 13.1 Å². The first-order valence-electron chi connectivity index (χ1n) is 6.76. The summed E-state index contributed by atoms with van der Waals surface area (Å²) in [5.74, 6) is 0.474. The predicted molar refractivity (Wildman–Crippen MR) is 74.3 cm³/mol. The van der Waals surface area contributed by atoms with Gasteiger partial charge in [-0.2, -0.15) is 0 Å². The smallest absolute Gasteiger partial charge is 0.240 e. The van der Waals surface area contributed by atoms with Gasteiger partial charge in [0.25, 0.3) is 0 Å². The molecule has 0 heterocycles. The molecule has 2 rings (SSSR count). The van der Waals surface area contributed by atoms with Gasteiger partial charge in [-0.15, -0.1) is 0 Å². The van der Waals surface area contributed by atoms with E-state index in [0.717, 1.165) is 24.8 Å². The lowest BCUT2D eigenvalue weighted by molar-refractivity contribution is 0.280. The Morgan fingerprint density at radius 2 is 2.05 bits per heavy atom. The van der Waals surface area contributed by atoms with E-state index < -0.39 is 10.0 Å². The van der Waals surface area contributed by atoms with Gasteiger partial charge in [0.1, 0.15) is 0 Å². The standard InChI is InChI=1S/C14H21NO3S/c1-3-10-5-6-13(7-12(10)9-16)19(17,18)15-14-8-11(14)4-2/h5-7,11,14-16H,3-4,8-9H2,1-2H3. The molecule has 1 saturated carbocycles. The molecule has 1 aromatic carbocycles. The third-order valence-electron chi connectivity index (χ3n) is 3.79. The molecule has 0 radical (unpaired) electrons. The van der Waals surface area contributed by atoms with Gasteiger partial charge in [0.05, 0.1) is 11.5 Å². The quantitative estimate of drug-likeness (QED) is 0.837. The molecule has 5 heteroatoms. The van der Waals surface area contributed by atoms with E-state index in [1.54, 1.807) is 18.2 Å². The highest BCUT2D eigenvalue weighted by atomic mass is 32.2. The Bertz CT molecular complexity index is 554. The number of hydrogen-bond acceptors (Lipinski definition) is 3. The van der Waals surface area contributed by atoms with Gasteiger partial charge in [-0.05, 0) is 42.0 Å². The second-order valence-electron chi connectivity index (χ2n) is 5.07. The van der Waals surface area contributed by atoms with Crippen molar-refractivity contribution in [2.75, 3.05) is 0 Å². The second-order valence-corrected chi connectivity index (χ2v) is 6.79. The summed E-state index contributed by atoms with van der Waals surface area (Å²) in [7, 11) is -3.46. The number of aliphatic hydroxyl groups excluding tert-OH is 1. The third-order valence-corrected chi connectivity index (χ3v) is 5.28. The van der Waals surface area contributed by atoms with Crippen LogP contribution < -0.4 is 4.72 Å². The van der Waals surface area contributed by atoms with Gasteiger partial charge >= 0.3 is 0 Å². The van der Waals surface area contributed by atoms with Crippen molar-refractivity contribution in [3.05, 3.63) is 29.3 Å². The van der Waals surface area contributed by atoms with Crippen LogP contribution in [-0.4, -0.2) is 19.6 Å². The highest BCUT2D eigenvalue weighted by Gasteiger charge is 2.38. The van der Waals surface area contributed by atoms with Crippen molar-refractivity contribution in [1.82, 2.24) is 4.72 Å². The second kappa shape index (κ2) is 5.61. The molecule has 1 aromatic rings. The number of aliphatic hydroxyl groups is 1. The summed E-state index contributed by atoms with van der Waals surface area (Å²) in [4.78, 5) is 0.246. The third kappa shape index (κ3) is 3.16. The molecule has 1 aliphatic carbocycles. The average Bonchev–Trinajstić information content (AvgIpc) is 3.15. The molecule has 0 spiro atoms. The summed E-state index contributed by atoms with van der Waals surface area (Å²) in [6.07, 6.45) is 2.71. The summed E-state index contributed by atoms with van der Waals surface area (Å²) in [5.41, 5.74) is 1.67. The molecule has 0 bridgehead atoms. The van der Waals surface area contributed by atoms with Crippen LogP contribution in [0, 0.1) is 5.92 Å². The fourth-order valence-electron chi connectivity index (χ4n) is 2.37. The lowest BCUT2D eigenvalue weighted by Crippen LogP contribution is -2.27. The lowest BCUT2D eigenvalue weighted by Gasteiger charge is -2.10. The molecule has 19 heavy (non-hydrogen) atoms. The van der Waals surface area contributed by atoms with Crippen LogP contribution in [0.3, 0.4) is 0 Å². The highest BCUT2D eigenvalue weighted by Crippen LogP contribution is 2.34. The van der Waals surface area contributed by atoms with E-state index in [-0.39, 0.29) is 17.5 Å². The summed E-state index contributed by atoms with van der Waals surface area (Å²) in [5, 5.41) is 9.30. The molecule has 0 amide bonds. The highest BCUT2D eigenvalue weighted by molar-refractivity contribution is 7.89. The number of rotatable bonds is 6. The van der Waals surface area contributed by atoms with Gasteiger partial charge in [0.15, 0.2) is 0 Å². The molecule has 2 atom stereocenters. The fourth-order valence-corrected chi connectivity index (χ4v) is 3.74. The molecule has 2 N–H and O–H groups in total. The molecule has 4 nitrogen and oxygen atoms in total. The van der Waals surface area contributed by atoms with Gasteiger partial charge in [0, 0.05) is 6.04 Å². The molecule has 1 fully saturated rings. The van der Waals surface area contributed by atoms with Crippen molar-refractivity contribution in [1.29, 1.82) is 0 Å². The maximum Gasteiger partial charge on any atom is 0.240 e. The predicted octanol–water partition coefficient (Wildman–Crippen LogP) is 1.82. The zero-order chi connectivity index (χ0) is 14.0. The molecule has 106 valence electrons. The van der Waals surface area contributed by atoms with E-state index in [1.807, 2.05) is 6.92 Å². The first kappa shape index (κ1) is 14.5. The van der Waals surface area contributed by atoms with E-state index in [4.69, 9.17) is 0 Å². The van der Waals surface area contributed by atoms with Crippen molar-refractivity contribution < 1.29 is 13.5 Å². The molecular weight excluding hydrogens is 262 g/mol. The van der Waals surface area contributed by atoms with Crippen molar-refractivity contribution in [3.63, 3.8) is 0 Å². The van der Waals surface area contributed by atoms with Gasteiger partial charge < -0.3 is 5.11 Å². The SMILES string of the molecule is CCc1ccc(S(=O)(=O)NC2CC2CC)cc1CO. The number of hydrogen-bond donors (Lipinski definition) is 2. The molecule has 0 saturated heterocycles. The Morgan fingerprint density at radius 1 is 1.32 bits per heavy atom. The van der Waals surface area contributed by atoms with Crippen molar-refractivity contribution in [3.8, 4) is 0 Å². The van der Waals surface area contributed by atoms with Crippen LogP contribution in [0.5, 0.6) is 0 Å². The van der Waals surface area contributed by atoms with Gasteiger partial charge in [-0.1, -0.05) is 26.3 Å². The van der Waals surface area contributed by atoms with E-state index in [0.29, 0.717) is 11.5 Å². The summed E-state index contributed by atoms with van der Waals surface area (Å²) >= 11 is 0. The zero-order valence-corrected chi connectivity index (χ0v) is 12.2. The minimum Gasteiger partial charge on any atom is -0.392 e. The summed E-state index contributed by atoms with van der Waals surface area (Å²) in [6, 6.07) is 5.05. The van der Waals surface area contributed by atoms with Crippen LogP contribution >= 0.6 is 0 Å². The topological polar surface area (TPSA) is 66.4 Å². The fraction of sp³-hybridized carbons (Fsp3) is 0.571. The van der Waals surface area contributed by atoms with Crippen molar-refractivity contribution >= 4 is 10.0 Å². The average molecular weight is 283 g/mol. The van der Waals surface area contributed by atoms with Crippen LogP contribution in [-0.2, 0) is 23.1 Å². The normalized spacial score (nSPS) is 22.5. The zero-order valence-electron chi connectivity index (χ0n) is 11.4. The number of nitrogens with one attached hydrogen (secondary N) is 1. The largest absolute Gasteiger partial charge is 0.392 e. The minimum absolute atomic E-state index is 0.0819. The first-order valence-corrected chi connectivity index (χ1v) is 8.25. The van der Waals surface area contributed by atoms with Crippen LogP contribution in [0.4, 0.5) is 0 Å². The molecule has 1 aliphatic rings. The van der Waals surface area contributed by atoms with E-state index in [1.165, 1.54) is 0 Å². The minimum atomic E-state index is -3.46. The maximum atomic E-state index is 12.2. The van der Waals surface area contributed by atoms with Crippen molar-refractivity contribution in [2.24, 2.45) is 5.92 Å². The Morgan fingerprint density at radius 3 is 2.58 bits per heavy atom. The van der Waals surface area contributed by atoms with E-state index in [2.05, 4.69) is 11.6 Å². The van der Waals surface area contributed by atoms with Gasteiger partial charge in [-0.3, -0.25) is 0 Å². The molecule has 0 aliphatic heterocycles. The summed E-state index contributed by atoms with van der Waals surface area (Å²) in [6.45, 7) is 3.92. The Labute approximate surface area is 114 Å². The lowest BCUT2D eigenvalue weighted by atomic mass is 10.1. The Balaban J connectivity index is 2.21. The number of sulfonamides is 1. The Hall–Kier alpha value is -0.910. The summed E-state index contributed by atoms with van der Waals surface area (Å²) < 4.78 is 27.2. The maximum absolute atomic E-state index is 12.2.